The number of amides is 1. The lowest BCUT2D eigenvalue weighted by Crippen LogP contribution is -2.45. The van der Waals surface area contributed by atoms with Crippen molar-refractivity contribution in [3.05, 3.63) is 53.1 Å². The van der Waals surface area contributed by atoms with E-state index in [1.54, 1.807) is 0 Å². The van der Waals surface area contributed by atoms with Crippen LogP contribution in [0.3, 0.4) is 0 Å². The number of likely N-dealkylation sites (tertiary alicyclic amines) is 1. The minimum absolute atomic E-state index is 0.0299. The zero-order valence-electron chi connectivity index (χ0n) is 19.7. The molecule has 7 nitrogen and oxygen atoms in total. The SMILES string of the molecule is Cc1ccc2cc(-c3nn4cc(C(=O)N5CC(=N)C[C@@H](F)C5)cc(F)c4c3C)n(CC3CC3)c2n1. The molecule has 6 rings (SSSR count). The summed E-state index contributed by atoms with van der Waals surface area (Å²) in [6.45, 7) is 4.58. The van der Waals surface area contributed by atoms with Gasteiger partial charge in [-0.3, -0.25) is 4.79 Å². The highest BCUT2D eigenvalue weighted by Crippen LogP contribution is 2.37. The molecule has 1 aliphatic heterocycles. The van der Waals surface area contributed by atoms with Crippen LogP contribution < -0.4 is 0 Å². The molecular formula is C26H26F2N6O. The van der Waals surface area contributed by atoms with Crippen molar-refractivity contribution in [1.29, 1.82) is 5.41 Å². The van der Waals surface area contributed by atoms with Gasteiger partial charge in [0.05, 0.1) is 24.3 Å². The Morgan fingerprint density at radius 2 is 2.03 bits per heavy atom. The predicted molar refractivity (Wildman–Crippen MR) is 129 cm³/mol. The number of nitrogens with zero attached hydrogens (tertiary/aromatic N) is 5. The molecule has 0 unspecified atom stereocenters. The molecule has 0 aromatic carbocycles. The number of hydrogen-bond acceptors (Lipinski definition) is 4. The van der Waals surface area contributed by atoms with Gasteiger partial charge in [0, 0.05) is 41.5 Å². The summed E-state index contributed by atoms with van der Waals surface area (Å²) in [4.78, 5) is 19.0. The Bertz CT molecular complexity index is 1520. The molecule has 1 aliphatic carbocycles. The number of nitrogens with one attached hydrogen (secondary N) is 1. The van der Waals surface area contributed by atoms with Crippen molar-refractivity contribution in [3.8, 4) is 11.4 Å². The molecule has 35 heavy (non-hydrogen) atoms. The summed E-state index contributed by atoms with van der Waals surface area (Å²) in [5.41, 5.74) is 4.58. The van der Waals surface area contributed by atoms with Gasteiger partial charge in [-0.2, -0.15) is 5.10 Å². The van der Waals surface area contributed by atoms with E-state index in [0.29, 0.717) is 22.7 Å². The van der Waals surface area contributed by atoms with Crippen LogP contribution in [0.2, 0.25) is 0 Å². The predicted octanol–water partition coefficient (Wildman–Crippen LogP) is 4.72. The van der Waals surface area contributed by atoms with E-state index < -0.39 is 17.9 Å². The number of piperidine rings is 1. The first-order chi connectivity index (χ1) is 16.8. The average molecular weight is 477 g/mol. The molecule has 5 heterocycles. The normalized spacial score (nSPS) is 18.7. The molecule has 9 heteroatoms. The highest BCUT2D eigenvalue weighted by atomic mass is 19.1. The van der Waals surface area contributed by atoms with Gasteiger partial charge in [0.25, 0.3) is 5.91 Å². The van der Waals surface area contributed by atoms with E-state index in [0.717, 1.165) is 29.0 Å². The highest BCUT2D eigenvalue weighted by molar-refractivity contribution is 5.98. The first kappa shape index (κ1) is 21.9. The minimum Gasteiger partial charge on any atom is -0.330 e. The standard InChI is InChI=1S/C26H26F2N6O/c1-14-3-6-17-8-22(33(25(17)30-14)10-16-4-5-16)23-15(2)24-21(28)7-18(11-34(24)31-23)26(35)32-12-19(27)9-20(29)13-32/h3,6-8,11,16,19,29H,4-5,9-10,12-13H2,1-2H3/t19-/m1/s1. The number of alkyl halides is 1. The zero-order valence-corrected chi connectivity index (χ0v) is 19.7. The number of carbonyl (C=O) groups excluding carboxylic acids is 1. The van der Waals surface area contributed by atoms with E-state index in [1.165, 1.54) is 34.5 Å². The van der Waals surface area contributed by atoms with Crippen molar-refractivity contribution in [1.82, 2.24) is 24.1 Å². The minimum atomic E-state index is -1.28. The second kappa shape index (κ2) is 7.96. The molecule has 0 bridgehead atoms. The van der Waals surface area contributed by atoms with Crippen LogP contribution in [0.15, 0.2) is 30.5 Å². The van der Waals surface area contributed by atoms with Crippen molar-refractivity contribution in [2.24, 2.45) is 5.92 Å². The molecule has 180 valence electrons. The van der Waals surface area contributed by atoms with E-state index >= 15 is 4.39 Å². The lowest BCUT2D eigenvalue weighted by molar-refractivity contribution is 0.0716. The number of hydrogen-bond donors (Lipinski definition) is 1. The summed E-state index contributed by atoms with van der Waals surface area (Å²) < 4.78 is 32.9. The van der Waals surface area contributed by atoms with E-state index in [-0.39, 0.29) is 30.8 Å². The third-order valence-electron chi connectivity index (χ3n) is 6.98. The van der Waals surface area contributed by atoms with Crippen molar-refractivity contribution < 1.29 is 13.6 Å². The molecule has 1 atom stereocenters. The second-order valence-electron chi connectivity index (χ2n) is 9.88. The summed E-state index contributed by atoms with van der Waals surface area (Å²) in [7, 11) is 0. The van der Waals surface area contributed by atoms with Crippen LogP contribution >= 0.6 is 0 Å². The summed E-state index contributed by atoms with van der Waals surface area (Å²) in [6.07, 6.45) is 2.62. The second-order valence-corrected chi connectivity index (χ2v) is 9.88. The molecule has 1 amide bonds. The van der Waals surface area contributed by atoms with E-state index in [4.69, 9.17) is 15.5 Å². The Labute approximate surface area is 200 Å². The van der Waals surface area contributed by atoms with E-state index in [1.807, 2.05) is 32.0 Å². The van der Waals surface area contributed by atoms with Gasteiger partial charge in [-0.25, -0.2) is 18.3 Å². The molecule has 2 aliphatic rings. The maximum absolute atomic E-state index is 15.3. The summed E-state index contributed by atoms with van der Waals surface area (Å²) in [5, 5.41) is 13.5. The molecule has 1 N–H and O–H groups in total. The summed E-state index contributed by atoms with van der Waals surface area (Å²) in [6, 6.07) is 7.25. The smallest absolute Gasteiger partial charge is 0.255 e. The first-order valence-corrected chi connectivity index (χ1v) is 11.9. The first-order valence-electron chi connectivity index (χ1n) is 11.9. The average Bonchev–Trinajstić information content (AvgIpc) is 3.48. The third-order valence-corrected chi connectivity index (χ3v) is 6.98. The monoisotopic (exact) mass is 476 g/mol. The number of aryl methyl sites for hydroxylation is 2. The lowest BCUT2D eigenvalue weighted by Gasteiger charge is -2.29. The molecule has 2 fully saturated rings. The number of aromatic nitrogens is 4. The highest BCUT2D eigenvalue weighted by Gasteiger charge is 2.29. The molecule has 0 radical (unpaired) electrons. The Morgan fingerprint density at radius 3 is 2.77 bits per heavy atom. The Balaban J connectivity index is 1.45. The molecule has 1 saturated heterocycles. The number of fused-ring (bicyclic) bond motifs is 2. The quantitative estimate of drug-likeness (QED) is 0.463. The van der Waals surface area contributed by atoms with Crippen molar-refractivity contribution in [3.63, 3.8) is 0 Å². The topological polar surface area (TPSA) is 79.3 Å². The van der Waals surface area contributed by atoms with E-state index in [9.17, 15) is 9.18 Å². The van der Waals surface area contributed by atoms with Crippen LogP contribution in [0, 0.1) is 31.0 Å². The summed E-state index contributed by atoms with van der Waals surface area (Å²) >= 11 is 0. The Kier molecular flexibility index (Phi) is 4.98. The molecule has 0 spiro atoms. The molecule has 1 saturated carbocycles. The number of halogens is 2. The van der Waals surface area contributed by atoms with Gasteiger partial charge in [-0.05, 0) is 56.9 Å². The van der Waals surface area contributed by atoms with Crippen LogP contribution in [-0.4, -0.2) is 54.9 Å². The van der Waals surface area contributed by atoms with Gasteiger partial charge in [-0.1, -0.05) is 0 Å². The largest absolute Gasteiger partial charge is 0.330 e. The van der Waals surface area contributed by atoms with Crippen LogP contribution in [0.5, 0.6) is 0 Å². The van der Waals surface area contributed by atoms with E-state index in [2.05, 4.69) is 4.57 Å². The van der Waals surface area contributed by atoms with Gasteiger partial charge in [-0.15, -0.1) is 0 Å². The molecule has 4 aromatic rings. The summed E-state index contributed by atoms with van der Waals surface area (Å²) in [5.74, 6) is -0.461. The fourth-order valence-electron chi connectivity index (χ4n) is 5.06. The van der Waals surface area contributed by atoms with Gasteiger partial charge < -0.3 is 14.9 Å². The van der Waals surface area contributed by atoms with Gasteiger partial charge >= 0.3 is 0 Å². The number of pyridine rings is 2. The van der Waals surface area contributed by atoms with Crippen LogP contribution in [0.4, 0.5) is 8.78 Å². The number of carbonyl (C=O) groups is 1. The Hall–Kier alpha value is -3.62. The van der Waals surface area contributed by atoms with Gasteiger partial charge in [0.2, 0.25) is 0 Å². The fourth-order valence-corrected chi connectivity index (χ4v) is 5.06. The van der Waals surface area contributed by atoms with Crippen LogP contribution in [0.25, 0.3) is 27.9 Å². The zero-order chi connectivity index (χ0) is 24.4. The van der Waals surface area contributed by atoms with Crippen molar-refractivity contribution >= 4 is 28.2 Å². The van der Waals surface area contributed by atoms with Gasteiger partial charge in [0.15, 0.2) is 0 Å². The third kappa shape index (κ3) is 3.79. The molecular weight excluding hydrogens is 450 g/mol. The van der Waals surface area contributed by atoms with Crippen molar-refractivity contribution in [2.75, 3.05) is 13.1 Å². The van der Waals surface area contributed by atoms with Crippen LogP contribution in [-0.2, 0) is 6.54 Å². The molecule has 4 aromatic heterocycles. The Morgan fingerprint density at radius 1 is 1.23 bits per heavy atom. The maximum atomic E-state index is 15.3. The van der Waals surface area contributed by atoms with Crippen molar-refractivity contribution in [2.45, 2.75) is 45.8 Å². The van der Waals surface area contributed by atoms with Crippen LogP contribution in [0.1, 0.15) is 40.9 Å². The number of rotatable bonds is 4. The fraction of sp³-hybridized carbons (Fsp3) is 0.385. The van der Waals surface area contributed by atoms with Gasteiger partial charge in [0.1, 0.15) is 28.8 Å². The lowest BCUT2D eigenvalue weighted by atomic mass is 10.1. The maximum Gasteiger partial charge on any atom is 0.255 e.